The first-order valence-electron chi connectivity index (χ1n) is 7.70. The molecule has 1 saturated heterocycles. The first-order valence-corrected chi connectivity index (χ1v) is 9.60. The molecule has 1 amide bonds. The molecular formula is C17H18BrFN2O3S. The van der Waals surface area contributed by atoms with Crippen LogP contribution in [0.3, 0.4) is 0 Å². The Morgan fingerprint density at radius 3 is 2.52 bits per heavy atom. The summed E-state index contributed by atoms with van der Waals surface area (Å²) < 4.78 is 35.7. The molecule has 25 heavy (non-hydrogen) atoms. The summed E-state index contributed by atoms with van der Waals surface area (Å²) in [7, 11) is 0. The third kappa shape index (κ3) is 4.58. The van der Waals surface area contributed by atoms with Gasteiger partial charge in [0.05, 0.1) is 4.47 Å². The van der Waals surface area contributed by atoms with Crippen LogP contribution in [0.15, 0.2) is 46.9 Å². The van der Waals surface area contributed by atoms with E-state index in [0.29, 0.717) is 0 Å². The molecule has 1 fully saturated rings. The third-order valence-electron chi connectivity index (χ3n) is 3.21. The molecule has 0 radical (unpaired) electrons. The molecule has 1 aliphatic heterocycles. The Balaban J connectivity index is 0.00000109. The van der Waals surface area contributed by atoms with E-state index in [1.54, 1.807) is 6.07 Å². The van der Waals surface area contributed by atoms with Crippen molar-refractivity contribution < 1.29 is 18.1 Å². The fourth-order valence-electron chi connectivity index (χ4n) is 2.14. The second-order valence-corrected chi connectivity index (χ2v) is 6.79. The van der Waals surface area contributed by atoms with Gasteiger partial charge in [0.2, 0.25) is 11.2 Å². The zero-order valence-electron chi connectivity index (χ0n) is 13.8. The van der Waals surface area contributed by atoms with E-state index < -0.39 is 22.9 Å². The van der Waals surface area contributed by atoms with Crippen LogP contribution in [0.1, 0.15) is 19.4 Å². The zero-order chi connectivity index (χ0) is 18.4. The van der Waals surface area contributed by atoms with Crippen molar-refractivity contribution in [2.75, 3.05) is 10.8 Å². The maximum Gasteiger partial charge on any atom is 0.253 e. The van der Waals surface area contributed by atoms with Gasteiger partial charge in [-0.25, -0.2) is 8.60 Å². The molecule has 1 N–H and O–H groups in total. The van der Waals surface area contributed by atoms with Crippen molar-refractivity contribution in [3.05, 3.63) is 58.3 Å². The van der Waals surface area contributed by atoms with Gasteiger partial charge in [0.1, 0.15) is 24.6 Å². The number of carbonyl (C=O) groups excluding carboxylic acids is 1. The second kappa shape index (κ2) is 8.96. The Kier molecular flexibility index (Phi) is 6.95. The lowest BCUT2D eigenvalue weighted by Crippen LogP contribution is -2.24. The van der Waals surface area contributed by atoms with Gasteiger partial charge < -0.3 is 4.74 Å². The lowest BCUT2D eigenvalue weighted by molar-refractivity contribution is -0.117. The summed E-state index contributed by atoms with van der Waals surface area (Å²) in [6.45, 7) is 4.04. The number of ether oxygens (including phenoxy) is 1. The average Bonchev–Trinajstić information content (AvgIpc) is 2.96. The van der Waals surface area contributed by atoms with Crippen LogP contribution in [0.4, 0.5) is 10.1 Å². The van der Waals surface area contributed by atoms with Gasteiger partial charge >= 0.3 is 0 Å². The van der Waals surface area contributed by atoms with Crippen LogP contribution in [-0.4, -0.2) is 16.7 Å². The van der Waals surface area contributed by atoms with Crippen molar-refractivity contribution in [1.82, 2.24) is 4.72 Å². The minimum Gasteiger partial charge on any atom is -0.487 e. The van der Waals surface area contributed by atoms with Crippen LogP contribution in [0.25, 0.3) is 0 Å². The first-order chi connectivity index (χ1) is 12.1. The standard InChI is InChI=1S/C15H12BrFN2O3S.C2H6/c16-11-6-7-12(22-9-10-4-2-1-3-5-10)15(14(11)17)19-8-13(20)18-23(19)21;1-2/h1-7H,8-9H2,(H,18,20);1-2H3. The van der Waals surface area contributed by atoms with Gasteiger partial charge in [-0.15, -0.1) is 0 Å². The monoisotopic (exact) mass is 428 g/mol. The minimum absolute atomic E-state index is 0.00742. The number of amides is 1. The predicted molar refractivity (Wildman–Crippen MR) is 99.9 cm³/mol. The van der Waals surface area contributed by atoms with Crippen molar-refractivity contribution in [3.63, 3.8) is 0 Å². The minimum atomic E-state index is -1.83. The number of benzene rings is 2. The van der Waals surface area contributed by atoms with Crippen LogP contribution < -0.4 is 13.8 Å². The largest absolute Gasteiger partial charge is 0.487 e. The van der Waals surface area contributed by atoms with Crippen molar-refractivity contribution in [2.45, 2.75) is 20.5 Å². The predicted octanol–water partition coefficient (Wildman–Crippen LogP) is 3.71. The Morgan fingerprint density at radius 2 is 1.92 bits per heavy atom. The number of hydrogen-bond acceptors (Lipinski definition) is 3. The summed E-state index contributed by atoms with van der Waals surface area (Å²) in [6, 6.07) is 12.5. The van der Waals surface area contributed by atoms with Crippen LogP contribution in [0.2, 0.25) is 0 Å². The van der Waals surface area contributed by atoms with E-state index in [9.17, 15) is 13.4 Å². The Hall–Kier alpha value is -1.93. The molecule has 8 heteroatoms. The third-order valence-corrected chi connectivity index (χ3v) is 4.93. The maximum atomic E-state index is 14.5. The SMILES string of the molecule is CC.O=C1CN(c2c(OCc3ccccc3)ccc(Br)c2F)S(=O)N1. The number of carbonyl (C=O) groups is 1. The normalized spacial score (nSPS) is 16.1. The summed E-state index contributed by atoms with van der Waals surface area (Å²) in [5, 5.41) is 0. The van der Waals surface area contributed by atoms with Crippen molar-refractivity contribution in [2.24, 2.45) is 0 Å². The van der Waals surface area contributed by atoms with Crippen LogP contribution in [0.5, 0.6) is 5.75 Å². The van der Waals surface area contributed by atoms with Gasteiger partial charge in [0, 0.05) is 0 Å². The molecule has 0 bridgehead atoms. The topological polar surface area (TPSA) is 58.6 Å². The second-order valence-electron chi connectivity index (χ2n) is 4.79. The molecule has 0 saturated carbocycles. The van der Waals surface area contributed by atoms with Crippen LogP contribution in [0, 0.1) is 5.82 Å². The van der Waals surface area contributed by atoms with E-state index >= 15 is 0 Å². The number of anilines is 1. The fourth-order valence-corrected chi connectivity index (χ4v) is 3.40. The molecule has 2 aromatic rings. The van der Waals surface area contributed by atoms with Gasteiger partial charge in [-0.05, 0) is 33.6 Å². The molecule has 2 aromatic carbocycles. The summed E-state index contributed by atoms with van der Waals surface area (Å²) in [5.41, 5.74) is 0.908. The summed E-state index contributed by atoms with van der Waals surface area (Å²) >= 11 is 1.27. The molecular weight excluding hydrogens is 411 g/mol. The highest BCUT2D eigenvalue weighted by atomic mass is 79.9. The molecule has 1 unspecified atom stereocenters. The molecule has 5 nitrogen and oxygen atoms in total. The number of nitrogens with zero attached hydrogens (tertiary/aromatic N) is 1. The van der Waals surface area contributed by atoms with E-state index in [4.69, 9.17) is 4.74 Å². The lowest BCUT2D eigenvalue weighted by atomic mass is 10.2. The van der Waals surface area contributed by atoms with Gasteiger partial charge in [-0.3, -0.25) is 13.8 Å². The molecule has 1 heterocycles. The van der Waals surface area contributed by atoms with E-state index in [0.717, 1.165) is 9.87 Å². The summed E-state index contributed by atoms with van der Waals surface area (Å²) in [4.78, 5) is 11.4. The maximum absolute atomic E-state index is 14.5. The van der Waals surface area contributed by atoms with E-state index in [-0.39, 0.29) is 29.1 Å². The number of hydrogen-bond donors (Lipinski definition) is 1. The lowest BCUT2D eigenvalue weighted by Gasteiger charge is -2.19. The summed E-state index contributed by atoms with van der Waals surface area (Å²) in [5.74, 6) is -0.837. The van der Waals surface area contributed by atoms with E-state index in [2.05, 4.69) is 20.7 Å². The van der Waals surface area contributed by atoms with Gasteiger partial charge in [0.25, 0.3) is 5.91 Å². The van der Waals surface area contributed by atoms with Gasteiger partial charge in [0.15, 0.2) is 5.82 Å². The van der Waals surface area contributed by atoms with Crippen LogP contribution in [-0.2, 0) is 22.6 Å². The average molecular weight is 429 g/mol. The molecule has 3 rings (SSSR count). The Bertz CT molecular complexity index is 774. The highest BCUT2D eigenvalue weighted by Gasteiger charge is 2.32. The first kappa shape index (κ1) is 19.4. The van der Waals surface area contributed by atoms with Crippen molar-refractivity contribution >= 4 is 38.7 Å². The van der Waals surface area contributed by atoms with Crippen LogP contribution >= 0.6 is 15.9 Å². The molecule has 1 atom stereocenters. The molecule has 0 aliphatic carbocycles. The highest BCUT2D eigenvalue weighted by molar-refractivity contribution is 9.10. The van der Waals surface area contributed by atoms with E-state index in [1.807, 2.05) is 44.2 Å². The zero-order valence-corrected chi connectivity index (χ0v) is 16.2. The van der Waals surface area contributed by atoms with Gasteiger partial charge in [-0.2, -0.15) is 0 Å². The Morgan fingerprint density at radius 1 is 1.24 bits per heavy atom. The number of nitrogens with one attached hydrogen (secondary N) is 1. The molecule has 1 aliphatic rings. The van der Waals surface area contributed by atoms with Crippen molar-refractivity contribution in [3.8, 4) is 5.75 Å². The Labute approximate surface area is 157 Å². The molecule has 134 valence electrons. The number of rotatable bonds is 4. The number of halogens is 2. The quantitative estimate of drug-likeness (QED) is 0.807. The molecule has 0 spiro atoms. The highest BCUT2D eigenvalue weighted by Crippen LogP contribution is 2.37. The van der Waals surface area contributed by atoms with E-state index in [1.165, 1.54) is 6.07 Å². The summed E-state index contributed by atoms with van der Waals surface area (Å²) in [6.07, 6.45) is 0. The van der Waals surface area contributed by atoms with Crippen molar-refractivity contribution in [1.29, 1.82) is 0 Å². The molecule has 0 aromatic heterocycles. The fraction of sp³-hybridized carbons (Fsp3) is 0.235. The smallest absolute Gasteiger partial charge is 0.253 e. The van der Waals surface area contributed by atoms with Gasteiger partial charge in [-0.1, -0.05) is 44.2 Å².